The Labute approximate surface area is 133 Å². The van der Waals surface area contributed by atoms with Crippen molar-refractivity contribution >= 4 is 17.8 Å². The predicted octanol–water partition coefficient (Wildman–Crippen LogP) is -2.55. The maximum atomic E-state index is 11.7. The van der Waals surface area contributed by atoms with Crippen molar-refractivity contribution in [2.75, 3.05) is 6.54 Å². The first-order chi connectivity index (χ1) is 8.61. The number of imide groups is 1. The van der Waals surface area contributed by atoms with E-state index in [0.717, 1.165) is 4.90 Å². The van der Waals surface area contributed by atoms with Crippen LogP contribution >= 0.6 is 0 Å². The molecule has 0 N–H and O–H groups in total. The van der Waals surface area contributed by atoms with Gasteiger partial charge in [-0.05, 0) is 12.1 Å². The second-order valence-corrected chi connectivity index (χ2v) is 3.43. The Kier molecular flexibility index (Phi) is 7.59. The van der Waals surface area contributed by atoms with E-state index in [9.17, 15) is 19.5 Å². The van der Waals surface area contributed by atoms with E-state index >= 15 is 0 Å². The summed E-state index contributed by atoms with van der Waals surface area (Å²) in [5.41, 5.74) is 0.650. The third-order valence-corrected chi connectivity index (χ3v) is 2.42. The Morgan fingerprint density at radius 2 is 1.53 bits per heavy atom. The molecular weight excluding hydrogens is 257 g/mol. The molecule has 1 aliphatic heterocycles. The van der Waals surface area contributed by atoms with E-state index in [-0.39, 0.29) is 42.5 Å². The molecule has 1 aliphatic rings. The van der Waals surface area contributed by atoms with Crippen molar-refractivity contribution in [3.8, 4) is 0 Å². The summed E-state index contributed by atoms with van der Waals surface area (Å²) in [7, 11) is 0. The first-order valence-corrected chi connectivity index (χ1v) is 5.76. The number of carbonyl (C=O) groups excluding carboxylic acids is 3. The normalized spacial score (nSPS) is 12.2. The number of carbonyl (C=O) groups is 3. The third-order valence-electron chi connectivity index (χ3n) is 2.42. The summed E-state index contributed by atoms with van der Waals surface area (Å²) in [5, 5.41) is 10.3. The summed E-state index contributed by atoms with van der Waals surface area (Å²) in [6.45, 7) is 3.86. The summed E-state index contributed by atoms with van der Waals surface area (Å²) < 4.78 is 0. The van der Waals surface area contributed by atoms with Crippen LogP contribution in [0.5, 0.6) is 0 Å². The van der Waals surface area contributed by atoms with Gasteiger partial charge >= 0.3 is 29.6 Å². The van der Waals surface area contributed by atoms with Gasteiger partial charge in [-0.3, -0.25) is 14.5 Å². The largest absolute Gasteiger partial charge is 1.00 e. The minimum atomic E-state index is -1.28. The number of carboxylic acid groups (broad SMARTS) is 1. The molecule has 0 aromatic heterocycles. The van der Waals surface area contributed by atoms with E-state index in [0.29, 0.717) is 11.1 Å². The summed E-state index contributed by atoms with van der Waals surface area (Å²) in [6, 6.07) is 6.42. The van der Waals surface area contributed by atoms with E-state index in [1.807, 2.05) is 13.8 Å². The van der Waals surface area contributed by atoms with Gasteiger partial charge < -0.3 is 9.90 Å². The second kappa shape index (κ2) is 8.09. The summed E-state index contributed by atoms with van der Waals surface area (Å²) in [4.78, 5) is 34.6. The first kappa shape index (κ1) is 17.8. The monoisotopic (exact) mass is 271 g/mol. The van der Waals surface area contributed by atoms with E-state index in [4.69, 9.17) is 0 Å². The number of benzene rings is 1. The molecule has 2 amide bonds. The van der Waals surface area contributed by atoms with Crippen LogP contribution < -0.4 is 34.7 Å². The second-order valence-electron chi connectivity index (χ2n) is 3.43. The molecule has 1 aromatic rings. The molecule has 0 saturated heterocycles. The van der Waals surface area contributed by atoms with Gasteiger partial charge in [0.25, 0.3) is 11.8 Å². The van der Waals surface area contributed by atoms with E-state index in [1.54, 1.807) is 24.3 Å². The number of amides is 2. The Morgan fingerprint density at radius 3 is 1.89 bits per heavy atom. The van der Waals surface area contributed by atoms with Crippen LogP contribution in [0.15, 0.2) is 24.3 Å². The average Bonchev–Trinajstić information content (AvgIpc) is 2.63. The molecule has 1 heterocycles. The molecule has 0 unspecified atom stereocenters. The van der Waals surface area contributed by atoms with Gasteiger partial charge in [-0.1, -0.05) is 26.0 Å². The molecule has 5 nitrogen and oxygen atoms in total. The van der Waals surface area contributed by atoms with E-state index in [1.165, 1.54) is 0 Å². The number of fused-ring (bicyclic) bond motifs is 1. The summed E-state index contributed by atoms with van der Waals surface area (Å²) >= 11 is 0. The van der Waals surface area contributed by atoms with Crippen molar-refractivity contribution in [2.24, 2.45) is 0 Å². The van der Waals surface area contributed by atoms with Gasteiger partial charge in [0.2, 0.25) is 0 Å². The van der Waals surface area contributed by atoms with Gasteiger partial charge in [-0.25, -0.2) is 0 Å². The molecule has 1 aromatic carbocycles. The average molecular weight is 271 g/mol. The smallest absolute Gasteiger partial charge is 0.550 e. The van der Waals surface area contributed by atoms with Crippen molar-refractivity contribution in [3.63, 3.8) is 0 Å². The summed E-state index contributed by atoms with van der Waals surface area (Å²) in [5.74, 6) is -2.17. The van der Waals surface area contributed by atoms with Crippen molar-refractivity contribution in [3.05, 3.63) is 35.4 Å². The number of nitrogens with zero attached hydrogens (tertiary/aromatic N) is 1. The third kappa shape index (κ3) is 3.89. The van der Waals surface area contributed by atoms with Crippen LogP contribution in [-0.4, -0.2) is 29.2 Å². The molecule has 6 heteroatoms. The van der Waals surface area contributed by atoms with Crippen molar-refractivity contribution in [1.29, 1.82) is 0 Å². The number of carboxylic acids is 1. The molecule has 0 saturated carbocycles. The zero-order valence-electron chi connectivity index (χ0n) is 11.3. The maximum Gasteiger partial charge on any atom is 1.00 e. The van der Waals surface area contributed by atoms with Crippen molar-refractivity contribution < 1.29 is 49.0 Å². The van der Waals surface area contributed by atoms with Crippen molar-refractivity contribution in [1.82, 2.24) is 4.90 Å². The number of hydrogen-bond donors (Lipinski definition) is 0. The van der Waals surface area contributed by atoms with Gasteiger partial charge in [0.15, 0.2) is 0 Å². The van der Waals surface area contributed by atoms with Gasteiger partial charge in [0, 0.05) is 18.9 Å². The predicted molar refractivity (Wildman–Crippen MR) is 62.8 cm³/mol. The molecule has 0 bridgehead atoms. The summed E-state index contributed by atoms with van der Waals surface area (Å²) in [6.07, 6.45) is -0.342. The Bertz CT molecular complexity index is 452. The molecule has 0 aliphatic carbocycles. The fourth-order valence-electron chi connectivity index (χ4n) is 1.65. The minimum absolute atomic E-state index is 0. The molecular formula is C13H14NNaO4. The van der Waals surface area contributed by atoms with Gasteiger partial charge in [0.05, 0.1) is 11.1 Å². The molecule has 96 valence electrons. The number of hydrogen-bond acceptors (Lipinski definition) is 4. The quantitative estimate of drug-likeness (QED) is 0.448. The number of rotatable bonds is 3. The van der Waals surface area contributed by atoms with Crippen molar-refractivity contribution in [2.45, 2.75) is 20.3 Å². The Hall–Kier alpha value is -1.17. The van der Waals surface area contributed by atoms with Gasteiger partial charge in [-0.2, -0.15) is 0 Å². The van der Waals surface area contributed by atoms with Crippen LogP contribution in [0.2, 0.25) is 0 Å². The topological polar surface area (TPSA) is 77.5 Å². The van der Waals surface area contributed by atoms with E-state index < -0.39 is 17.8 Å². The fourth-order valence-corrected chi connectivity index (χ4v) is 1.65. The molecule has 0 atom stereocenters. The van der Waals surface area contributed by atoms with E-state index in [2.05, 4.69) is 0 Å². The minimum Gasteiger partial charge on any atom is -0.550 e. The molecule has 19 heavy (non-hydrogen) atoms. The van der Waals surface area contributed by atoms with Crippen LogP contribution in [0.4, 0.5) is 0 Å². The Morgan fingerprint density at radius 1 is 1.11 bits per heavy atom. The fraction of sp³-hybridized carbons (Fsp3) is 0.308. The SMILES string of the molecule is CC.O=C([O-])CCN1C(=O)c2ccccc2C1=O.[Na+]. The maximum absolute atomic E-state index is 11.7. The van der Waals surface area contributed by atoms with Crippen LogP contribution in [-0.2, 0) is 4.79 Å². The van der Waals surface area contributed by atoms with Crippen LogP contribution in [0.1, 0.15) is 41.0 Å². The van der Waals surface area contributed by atoms with Crippen LogP contribution in [0, 0.1) is 0 Å². The molecule has 0 radical (unpaired) electrons. The Balaban J connectivity index is 0.00000103. The van der Waals surface area contributed by atoms with Crippen LogP contribution in [0.25, 0.3) is 0 Å². The van der Waals surface area contributed by atoms with Crippen LogP contribution in [0.3, 0.4) is 0 Å². The zero-order chi connectivity index (χ0) is 13.7. The molecule has 0 spiro atoms. The van der Waals surface area contributed by atoms with Gasteiger partial charge in [-0.15, -0.1) is 0 Å². The molecule has 2 rings (SSSR count). The number of aliphatic carboxylic acids is 1. The first-order valence-electron chi connectivity index (χ1n) is 5.76. The molecule has 0 fully saturated rings. The zero-order valence-corrected chi connectivity index (χ0v) is 13.3. The standard InChI is InChI=1S/C11H9NO4.C2H6.Na/c13-9(14)5-6-12-10(15)7-3-1-2-4-8(7)11(12)16;1-2;/h1-4H,5-6H2,(H,13,14);1-2H3;/q;;+1/p-1. The van der Waals surface area contributed by atoms with Gasteiger partial charge in [0.1, 0.15) is 0 Å².